The van der Waals surface area contributed by atoms with Gasteiger partial charge in [0.2, 0.25) is 5.91 Å². The number of hydrogen-bond donors (Lipinski definition) is 1. The third-order valence-electron chi connectivity index (χ3n) is 5.80. The zero-order chi connectivity index (χ0) is 18.0. The number of primary amides is 1. The van der Waals surface area contributed by atoms with Crippen molar-refractivity contribution < 1.29 is 19.1 Å². The molecule has 1 aliphatic carbocycles. The maximum Gasteiger partial charge on any atom is 0.254 e. The zero-order valence-corrected chi connectivity index (χ0v) is 14.9. The van der Waals surface area contributed by atoms with Crippen LogP contribution in [0.5, 0.6) is 5.75 Å². The topological polar surface area (TPSA) is 81.9 Å². The Balaban J connectivity index is 1.63. The highest BCUT2D eigenvalue weighted by Crippen LogP contribution is 2.50. The van der Waals surface area contributed by atoms with Gasteiger partial charge < -0.3 is 20.1 Å². The fourth-order valence-corrected chi connectivity index (χ4v) is 4.08. The normalized spacial score (nSPS) is 21.7. The Morgan fingerprint density at radius 3 is 2.56 bits per heavy atom. The summed E-state index contributed by atoms with van der Waals surface area (Å²) in [4.78, 5) is 25.7. The Bertz CT molecular complexity index is 665. The van der Waals surface area contributed by atoms with Crippen LogP contribution in [-0.4, -0.2) is 49.6 Å². The lowest BCUT2D eigenvalue weighted by Gasteiger charge is -2.53. The van der Waals surface area contributed by atoms with Gasteiger partial charge in [0.15, 0.2) is 0 Å². The first-order valence-electron chi connectivity index (χ1n) is 8.79. The van der Waals surface area contributed by atoms with Crippen LogP contribution in [0.3, 0.4) is 0 Å². The Morgan fingerprint density at radius 1 is 1.28 bits per heavy atom. The van der Waals surface area contributed by atoms with Crippen LogP contribution in [0.25, 0.3) is 0 Å². The van der Waals surface area contributed by atoms with Crippen LogP contribution in [0.2, 0.25) is 0 Å². The second-order valence-electron chi connectivity index (χ2n) is 7.09. The number of likely N-dealkylation sites (tertiary alicyclic amines) is 1. The van der Waals surface area contributed by atoms with Crippen LogP contribution in [0.4, 0.5) is 0 Å². The number of carbonyl (C=O) groups excluding carboxylic acids is 2. The molecule has 0 bridgehead atoms. The summed E-state index contributed by atoms with van der Waals surface area (Å²) in [7, 11) is 1.62. The van der Waals surface area contributed by atoms with E-state index in [0.29, 0.717) is 18.7 Å². The van der Waals surface area contributed by atoms with Crippen LogP contribution in [0, 0.1) is 12.3 Å². The van der Waals surface area contributed by atoms with Gasteiger partial charge in [-0.2, -0.15) is 0 Å². The molecular formula is C19H26N2O4. The quantitative estimate of drug-likeness (QED) is 0.883. The molecule has 1 unspecified atom stereocenters. The summed E-state index contributed by atoms with van der Waals surface area (Å²) < 4.78 is 11.0. The lowest BCUT2D eigenvalue weighted by atomic mass is 9.60. The molecule has 1 spiro atoms. The molecule has 3 rings (SSSR count). The molecule has 1 heterocycles. The van der Waals surface area contributed by atoms with E-state index in [2.05, 4.69) is 0 Å². The first kappa shape index (κ1) is 17.7. The van der Waals surface area contributed by atoms with E-state index in [1.54, 1.807) is 7.11 Å². The third kappa shape index (κ3) is 3.35. The van der Waals surface area contributed by atoms with Crippen LogP contribution >= 0.6 is 0 Å². The Kier molecular flexibility index (Phi) is 4.99. The van der Waals surface area contributed by atoms with E-state index < -0.39 is 5.91 Å². The Hall–Kier alpha value is -2.08. The minimum absolute atomic E-state index is 0.0158. The van der Waals surface area contributed by atoms with E-state index in [1.165, 1.54) is 0 Å². The summed E-state index contributed by atoms with van der Waals surface area (Å²) in [5, 5.41) is 0. The largest absolute Gasteiger partial charge is 0.496 e. The molecule has 0 aromatic heterocycles. The molecular weight excluding hydrogens is 320 g/mol. The summed E-state index contributed by atoms with van der Waals surface area (Å²) in [6, 6.07) is 5.57. The first-order valence-corrected chi connectivity index (χ1v) is 8.79. The highest BCUT2D eigenvalue weighted by Gasteiger charge is 2.49. The van der Waals surface area contributed by atoms with Crippen LogP contribution in [0.1, 0.15) is 41.6 Å². The van der Waals surface area contributed by atoms with E-state index in [0.717, 1.165) is 37.0 Å². The number of methoxy groups -OCH3 is 1. The SMILES string of the molecule is COc1cccc(C(=O)N2CCC3(CCC3OCC(N)=O)CC2)c1C. The molecule has 0 radical (unpaired) electrons. The van der Waals surface area contributed by atoms with Crippen molar-refractivity contribution in [1.82, 2.24) is 4.90 Å². The monoisotopic (exact) mass is 346 g/mol. The smallest absolute Gasteiger partial charge is 0.254 e. The second kappa shape index (κ2) is 7.04. The van der Waals surface area contributed by atoms with Gasteiger partial charge in [0, 0.05) is 29.6 Å². The number of hydrogen-bond acceptors (Lipinski definition) is 4. The number of nitrogens with two attached hydrogens (primary N) is 1. The predicted molar refractivity (Wildman–Crippen MR) is 93.5 cm³/mol. The maximum atomic E-state index is 12.9. The van der Waals surface area contributed by atoms with Crippen molar-refractivity contribution in [2.75, 3.05) is 26.8 Å². The average molecular weight is 346 g/mol. The molecule has 1 saturated carbocycles. The van der Waals surface area contributed by atoms with Gasteiger partial charge in [-0.3, -0.25) is 9.59 Å². The lowest BCUT2D eigenvalue weighted by molar-refractivity contribution is -0.148. The van der Waals surface area contributed by atoms with Crippen molar-refractivity contribution in [3.63, 3.8) is 0 Å². The fourth-order valence-electron chi connectivity index (χ4n) is 4.08. The molecule has 2 N–H and O–H groups in total. The molecule has 2 amide bonds. The second-order valence-corrected chi connectivity index (χ2v) is 7.09. The van der Waals surface area contributed by atoms with Crippen LogP contribution in [0.15, 0.2) is 18.2 Å². The minimum Gasteiger partial charge on any atom is -0.496 e. The number of carbonyl (C=O) groups is 2. The van der Waals surface area contributed by atoms with Crippen molar-refractivity contribution in [3.05, 3.63) is 29.3 Å². The molecule has 1 atom stereocenters. The molecule has 1 aromatic rings. The first-order chi connectivity index (χ1) is 12.0. The van der Waals surface area contributed by atoms with E-state index in [-0.39, 0.29) is 24.0 Å². The molecule has 2 fully saturated rings. The number of benzene rings is 1. The Labute approximate surface area is 148 Å². The molecule has 1 saturated heterocycles. The highest BCUT2D eigenvalue weighted by atomic mass is 16.5. The lowest BCUT2D eigenvalue weighted by Crippen LogP contribution is -2.54. The van der Waals surface area contributed by atoms with Crippen molar-refractivity contribution in [2.24, 2.45) is 11.1 Å². The minimum atomic E-state index is -0.428. The van der Waals surface area contributed by atoms with Crippen molar-refractivity contribution in [2.45, 2.75) is 38.7 Å². The fraction of sp³-hybridized carbons (Fsp3) is 0.579. The number of ether oxygens (including phenoxy) is 2. The summed E-state index contributed by atoms with van der Waals surface area (Å²) in [6.07, 6.45) is 3.97. The summed E-state index contributed by atoms with van der Waals surface area (Å²) in [5.41, 5.74) is 6.86. The van der Waals surface area contributed by atoms with Gasteiger partial charge in [0.25, 0.3) is 5.91 Å². The maximum absolute atomic E-state index is 12.9. The van der Waals surface area contributed by atoms with Crippen LogP contribution < -0.4 is 10.5 Å². The summed E-state index contributed by atoms with van der Waals surface area (Å²) in [5.74, 6) is 0.363. The van der Waals surface area contributed by atoms with Gasteiger partial charge >= 0.3 is 0 Å². The van der Waals surface area contributed by atoms with Gasteiger partial charge in [0.05, 0.1) is 13.2 Å². The van der Waals surface area contributed by atoms with E-state index >= 15 is 0 Å². The Morgan fingerprint density at radius 2 is 2.00 bits per heavy atom. The molecule has 25 heavy (non-hydrogen) atoms. The zero-order valence-electron chi connectivity index (χ0n) is 14.9. The highest BCUT2D eigenvalue weighted by molar-refractivity contribution is 5.96. The van der Waals surface area contributed by atoms with Crippen molar-refractivity contribution in [3.8, 4) is 5.75 Å². The van der Waals surface area contributed by atoms with Gasteiger partial charge in [-0.1, -0.05) is 6.07 Å². The van der Waals surface area contributed by atoms with Gasteiger partial charge in [-0.25, -0.2) is 0 Å². The number of rotatable bonds is 5. The van der Waals surface area contributed by atoms with Gasteiger partial charge in [-0.05, 0) is 44.7 Å². The molecule has 2 aliphatic rings. The molecule has 1 aliphatic heterocycles. The van der Waals surface area contributed by atoms with Gasteiger partial charge in [0.1, 0.15) is 12.4 Å². The van der Waals surface area contributed by atoms with Gasteiger partial charge in [-0.15, -0.1) is 0 Å². The van der Waals surface area contributed by atoms with E-state index in [1.807, 2.05) is 30.0 Å². The number of amides is 2. The molecule has 6 nitrogen and oxygen atoms in total. The summed E-state index contributed by atoms with van der Waals surface area (Å²) >= 11 is 0. The average Bonchev–Trinajstić information content (AvgIpc) is 2.60. The van der Waals surface area contributed by atoms with E-state index in [9.17, 15) is 9.59 Å². The predicted octanol–water partition coefficient (Wildman–Crippen LogP) is 1.89. The van der Waals surface area contributed by atoms with Crippen molar-refractivity contribution >= 4 is 11.8 Å². The molecule has 6 heteroatoms. The molecule has 136 valence electrons. The third-order valence-corrected chi connectivity index (χ3v) is 5.80. The standard InChI is InChI=1S/C19H26N2O4/c1-13-14(4-3-5-15(13)24-2)18(23)21-10-8-19(9-11-21)7-6-16(19)25-12-17(20)22/h3-5,16H,6-12H2,1-2H3,(H2,20,22). The van der Waals surface area contributed by atoms with Crippen LogP contribution in [-0.2, 0) is 9.53 Å². The number of nitrogens with zero attached hydrogens (tertiary/aromatic N) is 1. The number of piperidine rings is 1. The summed E-state index contributed by atoms with van der Waals surface area (Å²) in [6.45, 7) is 3.33. The van der Waals surface area contributed by atoms with Crippen molar-refractivity contribution in [1.29, 1.82) is 0 Å². The van der Waals surface area contributed by atoms with E-state index in [4.69, 9.17) is 15.2 Å². The molecule has 1 aromatic carbocycles.